The second-order valence-electron chi connectivity index (χ2n) is 24.3. The molecule has 510 valence electrons. The molecule has 0 radical (unpaired) electrons. The van der Waals surface area contributed by atoms with Crippen LogP contribution in [0.2, 0.25) is 0 Å². The van der Waals surface area contributed by atoms with Crippen molar-refractivity contribution < 1.29 is 75.8 Å². The van der Waals surface area contributed by atoms with E-state index in [1.54, 1.807) is 13.2 Å². The lowest BCUT2D eigenvalue weighted by Gasteiger charge is -2.52. The first-order valence-electron chi connectivity index (χ1n) is 33.3. The molecule has 3 saturated heterocycles. The Kier molecular flexibility index (Phi) is 27.1. The lowest BCUT2D eigenvalue weighted by molar-refractivity contribution is -0.388. The van der Waals surface area contributed by atoms with Crippen molar-refractivity contribution in [1.82, 2.24) is 5.32 Å². The van der Waals surface area contributed by atoms with Crippen molar-refractivity contribution in [3.05, 3.63) is 294 Å². The standard InChI is InChI=1S/C80H89NO16/c1-5-45-86-71-67(54-84-46-58-27-13-6-14-28-58)94-78(69(81-57(3)82)73(71)88-49-61-33-19-9-20-34-61)96-72-68(55-85-47-59-29-15-7-16-30-59)95-80(76(90-51-63-37-23-11-24-38-63)74(72)89-50-62-35-21-10-22-36-62)97-75-70(87-48-60-31-17-8-18-32-60)56(2)93-79(77(75)91-52-64-39-25-12-26-40-64)92-53-65-41-43-66(83-4)44-42-65/h5-44,56,67-80H,1,45-55H2,2-4H3,(H,81,82)/t56-,67+,68+,69-,70-,71+,72+,73+,74-,75+,76+,77+,78-,79+,80-/m0/s1. The number of methoxy groups -OCH3 is 1. The van der Waals surface area contributed by atoms with Crippen molar-refractivity contribution in [3.8, 4) is 5.75 Å². The van der Waals surface area contributed by atoms with Crippen LogP contribution in [0.5, 0.6) is 5.75 Å². The Balaban J connectivity index is 1.02. The quantitative estimate of drug-likeness (QED) is 0.0372. The summed E-state index contributed by atoms with van der Waals surface area (Å²) >= 11 is 0. The van der Waals surface area contributed by atoms with Crippen molar-refractivity contribution in [2.75, 3.05) is 26.9 Å². The normalized spacial score (nSPS) is 25.6. The summed E-state index contributed by atoms with van der Waals surface area (Å²) in [7, 11) is 1.63. The molecule has 97 heavy (non-hydrogen) atoms. The van der Waals surface area contributed by atoms with Crippen LogP contribution in [-0.4, -0.2) is 125 Å². The largest absolute Gasteiger partial charge is 0.497 e. The first-order valence-corrected chi connectivity index (χ1v) is 33.3. The van der Waals surface area contributed by atoms with E-state index in [4.69, 9.17) is 71.1 Å². The molecule has 11 rings (SSSR count). The molecule has 0 spiro atoms. The average Bonchev–Trinajstić information content (AvgIpc) is 0.776. The molecule has 17 nitrogen and oxygen atoms in total. The third-order valence-electron chi connectivity index (χ3n) is 17.1. The Hall–Kier alpha value is -7.79. The van der Waals surface area contributed by atoms with Gasteiger partial charge in [0.1, 0.15) is 72.8 Å². The topological polar surface area (TPSA) is 168 Å². The Morgan fingerprint density at radius 3 is 1.18 bits per heavy atom. The first kappa shape index (κ1) is 70.5. The van der Waals surface area contributed by atoms with Gasteiger partial charge in [-0.25, -0.2) is 0 Å². The Labute approximate surface area is 569 Å². The zero-order valence-corrected chi connectivity index (χ0v) is 55.3. The maximum Gasteiger partial charge on any atom is 0.217 e. The van der Waals surface area contributed by atoms with Crippen molar-refractivity contribution in [1.29, 1.82) is 0 Å². The number of carbonyl (C=O) groups excluding carboxylic acids is 1. The Morgan fingerprint density at radius 1 is 0.381 bits per heavy atom. The highest BCUT2D eigenvalue weighted by molar-refractivity contribution is 5.73. The summed E-state index contributed by atoms with van der Waals surface area (Å²) in [6.07, 6.45) is -12.1. The van der Waals surface area contributed by atoms with Crippen LogP contribution in [0.15, 0.2) is 249 Å². The number of hydrogen-bond donors (Lipinski definition) is 1. The fourth-order valence-corrected chi connectivity index (χ4v) is 12.2. The number of nitrogens with one attached hydrogen (secondary N) is 1. The van der Waals surface area contributed by atoms with Crippen LogP contribution in [-0.2, 0) is 124 Å². The molecular formula is C80H89NO16. The molecule has 8 aromatic carbocycles. The lowest BCUT2D eigenvalue weighted by atomic mass is 9.94. The zero-order chi connectivity index (χ0) is 66.8. The molecule has 3 aliphatic heterocycles. The van der Waals surface area contributed by atoms with Gasteiger partial charge in [-0.05, 0) is 63.6 Å². The van der Waals surface area contributed by atoms with E-state index in [0.717, 1.165) is 44.5 Å². The molecule has 1 N–H and O–H groups in total. The van der Waals surface area contributed by atoms with Crippen molar-refractivity contribution in [3.63, 3.8) is 0 Å². The number of carbonyl (C=O) groups is 1. The van der Waals surface area contributed by atoms with E-state index in [1.165, 1.54) is 6.92 Å². The summed E-state index contributed by atoms with van der Waals surface area (Å²) in [5.41, 5.74) is 7.28. The van der Waals surface area contributed by atoms with Gasteiger partial charge in [0.05, 0.1) is 85.9 Å². The van der Waals surface area contributed by atoms with E-state index in [2.05, 4.69) is 11.9 Å². The third kappa shape index (κ3) is 20.6. The van der Waals surface area contributed by atoms with Crippen molar-refractivity contribution >= 4 is 5.91 Å². The molecule has 1 amide bonds. The first-order chi connectivity index (χ1) is 47.7. The summed E-state index contributed by atoms with van der Waals surface area (Å²) in [5.74, 6) is 0.353. The molecule has 3 aliphatic rings. The van der Waals surface area contributed by atoms with Crippen LogP contribution in [0.25, 0.3) is 0 Å². The predicted octanol–water partition coefficient (Wildman–Crippen LogP) is 12.6. The van der Waals surface area contributed by atoms with Crippen molar-refractivity contribution in [2.45, 2.75) is 159 Å². The van der Waals surface area contributed by atoms with Gasteiger partial charge in [0.2, 0.25) is 5.91 Å². The van der Waals surface area contributed by atoms with E-state index in [-0.39, 0.29) is 78.6 Å². The van der Waals surface area contributed by atoms with Crippen LogP contribution in [0.1, 0.15) is 58.4 Å². The minimum Gasteiger partial charge on any atom is -0.497 e. The number of amides is 1. The Bertz CT molecular complexity index is 3510. The monoisotopic (exact) mass is 1320 g/mol. The molecule has 0 bridgehead atoms. The van der Waals surface area contributed by atoms with Gasteiger partial charge in [-0.1, -0.05) is 231 Å². The molecular weight excluding hydrogens is 1230 g/mol. The van der Waals surface area contributed by atoms with Gasteiger partial charge in [-0.2, -0.15) is 0 Å². The highest BCUT2D eigenvalue weighted by Crippen LogP contribution is 2.39. The summed E-state index contributed by atoms with van der Waals surface area (Å²) < 4.78 is 105. The predicted molar refractivity (Wildman–Crippen MR) is 364 cm³/mol. The van der Waals surface area contributed by atoms with E-state index in [1.807, 2.05) is 244 Å². The fraction of sp³-hybridized carbons (Fsp3) is 0.362. The smallest absolute Gasteiger partial charge is 0.217 e. The third-order valence-corrected chi connectivity index (χ3v) is 17.1. The van der Waals surface area contributed by atoms with Crippen LogP contribution in [0.3, 0.4) is 0 Å². The van der Waals surface area contributed by atoms with Gasteiger partial charge in [-0.15, -0.1) is 6.58 Å². The molecule has 3 fully saturated rings. The van der Waals surface area contributed by atoms with Gasteiger partial charge in [0.15, 0.2) is 18.9 Å². The minimum absolute atomic E-state index is 0.0430. The lowest BCUT2D eigenvalue weighted by Crippen LogP contribution is -2.69. The highest BCUT2D eigenvalue weighted by Gasteiger charge is 2.57. The molecule has 8 aromatic rings. The molecule has 17 heteroatoms. The summed E-state index contributed by atoms with van der Waals surface area (Å²) in [6, 6.07) is 75.9. The van der Waals surface area contributed by atoms with E-state index in [9.17, 15) is 4.79 Å². The van der Waals surface area contributed by atoms with Crippen LogP contribution in [0, 0.1) is 0 Å². The fourth-order valence-electron chi connectivity index (χ4n) is 12.2. The number of hydrogen-bond acceptors (Lipinski definition) is 16. The zero-order valence-electron chi connectivity index (χ0n) is 55.3. The SMILES string of the molecule is C=CCO[C@H]1[C@H](OCc2ccccc2)[C@H](NC(C)=O)[C@H](O[C@H]2[C@H](OCc3ccccc3)[C@@H](OCc3ccccc3)[C@H](O[C@@H]3[C@@H](OCc4ccccc4)[C@H](C)O[C@@H](OCc4ccc(OC)cc4)[C@@H]3OCc3ccccc3)O[C@@H]2COCc2ccccc2)O[C@@H]1COCc1ccccc1. The van der Waals surface area contributed by atoms with E-state index >= 15 is 0 Å². The highest BCUT2D eigenvalue weighted by atomic mass is 16.8. The molecule has 0 aliphatic carbocycles. The molecule has 15 atom stereocenters. The van der Waals surface area contributed by atoms with Gasteiger partial charge >= 0.3 is 0 Å². The molecule has 0 unspecified atom stereocenters. The molecule has 0 aromatic heterocycles. The van der Waals surface area contributed by atoms with Crippen LogP contribution in [0.4, 0.5) is 0 Å². The second kappa shape index (κ2) is 37.2. The maximum absolute atomic E-state index is 13.9. The Morgan fingerprint density at radius 2 is 0.742 bits per heavy atom. The molecule has 0 saturated carbocycles. The van der Waals surface area contributed by atoms with Gasteiger partial charge in [-0.3, -0.25) is 4.79 Å². The van der Waals surface area contributed by atoms with E-state index in [0.29, 0.717) is 5.75 Å². The van der Waals surface area contributed by atoms with Gasteiger partial charge in [0.25, 0.3) is 0 Å². The van der Waals surface area contributed by atoms with Gasteiger partial charge < -0.3 is 76.4 Å². The van der Waals surface area contributed by atoms with Crippen LogP contribution < -0.4 is 10.1 Å². The summed E-state index contributed by atoms with van der Waals surface area (Å²) in [5, 5.41) is 3.19. The van der Waals surface area contributed by atoms with Crippen LogP contribution >= 0.6 is 0 Å². The number of benzene rings is 8. The number of rotatable bonds is 35. The maximum atomic E-state index is 13.9. The summed E-state index contributed by atoms with van der Waals surface area (Å²) in [4.78, 5) is 13.9. The minimum atomic E-state index is -1.29. The average molecular weight is 1320 g/mol. The van der Waals surface area contributed by atoms with E-state index < -0.39 is 92.1 Å². The number of ether oxygens (including phenoxy) is 15. The van der Waals surface area contributed by atoms with Crippen molar-refractivity contribution in [2.24, 2.45) is 0 Å². The van der Waals surface area contributed by atoms with Gasteiger partial charge in [0, 0.05) is 6.92 Å². The molecule has 3 heterocycles. The summed E-state index contributed by atoms with van der Waals surface area (Å²) in [6.45, 7) is 8.88. The second-order valence-corrected chi connectivity index (χ2v) is 24.3.